The number of amides is 1. The number of rotatable bonds is 9. The monoisotopic (exact) mass is 423 g/mol. The Balaban J connectivity index is 1.42. The van der Waals surface area contributed by atoms with Gasteiger partial charge in [0.2, 0.25) is 0 Å². The van der Waals surface area contributed by atoms with Crippen LogP contribution in [0.3, 0.4) is 0 Å². The normalized spacial score (nSPS) is 11.7. The average Bonchev–Trinajstić information content (AvgIpc) is 2.77. The molecule has 0 saturated carbocycles. The van der Waals surface area contributed by atoms with E-state index in [1.54, 1.807) is 25.3 Å². The number of H-pyrrole nitrogens is 1. The van der Waals surface area contributed by atoms with Gasteiger partial charge in [-0.1, -0.05) is 24.3 Å². The summed E-state index contributed by atoms with van der Waals surface area (Å²) in [6.07, 6.45) is 0.0875. The lowest BCUT2D eigenvalue weighted by atomic mass is 10.2. The van der Waals surface area contributed by atoms with E-state index in [-0.39, 0.29) is 17.9 Å². The van der Waals surface area contributed by atoms with Gasteiger partial charge in [0.15, 0.2) is 6.10 Å². The molecule has 3 aromatic rings. The third-order valence-electron chi connectivity index (χ3n) is 4.76. The van der Waals surface area contributed by atoms with Gasteiger partial charge in [-0.3, -0.25) is 14.4 Å². The summed E-state index contributed by atoms with van der Waals surface area (Å²) in [6.45, 7) is 1.86. The maximum Gasteiger partial charge on any atom is 0.306 e. The quantitative estimate of drug-likeness (QED) is 0.512. The zero-order chi connectivity index (χ0) is 22.2. The fraction of sp³-hybridized carbons (Fsp3) is 0.304. The number of fused-ring (bicyclic) bond motifs is 1. The number of hydrogen-bond acceptors (Lipinski definition) is 6. The van der Waals surface area contributed by atoms with E-state index in [0.717, 1.165) is 11.3 Å². The van der Waals surface area contributed by atoms with Crippen LogP contribution in [0.5, 0.6) is 5.75 Å². The third-order valence-corrected chi connectivity index (χ3v) is 4.76. The van der Waals surface area contributed by atoms with E-state index in [0.29, 0.717) is 36.1 Å². The standard InChI is InChI=1S/C23H25N3O5/c1-15(22(28)24-14-16-10-12-17(30-2)13-11-16)31-21(27)9-5-8-20-25-19-7-4-3-6-18(19)23(29)26-20/h3-4,6-7,10-13,15H,5,8-9,14H2,1-2H3,(H,24,28)(H,25,26,29)/t15-/m1/s1. The minimum atomic E-state index is -0.899. The maximum atomic E-state index is 12.2. The molecule has 0 aliphatic rings. The van der Waals surface area contributed by atoms with E-state index in [4.69, 9.17) is 9.47 Å². The van der Waals surface area contributed by atoms with Crippen molar-refractivity contribution in [1.29, 1.82) is 0 Å². The van der Waals surface area contributed by atoms with Crippen LogP contribution in [0.25, 0.3) is 10.9 Å². The number of benzene rings is 2. The number of nitrogens with zero attached hydrogens (tertiary/aromatic N) is 1. The Hall–Kier alpha value is -3.68. The van der Waals surface area contributed by atoms with Crippen molar-refractivity contribution in [2.45, 2.75) is 38.8 Å². The van der Waals surface area contributed by atoms with Crippen LogP contribution in [0.15, 0.2) is 53.3 Å². The average molecular weight is 423 g/mol. The van der Waals surface area contributed by atoms with E-state index in [1.807, 2.05) is 30.3 Å². The molecule has 1 amide bonds. The molecular weight excluding hydrogens is 398 g/mol. The minimum Gasteiger partial charge on any atom is -0.497 e. The van der Waals surface area contributed by atoms with Gasteiger partial charge in [-0.25, -0.2) is 4.98 Å². The Labute approximate surface area is 179 Å². The van der Waals surface area contributed by atoms with Crippen LogP contribution in [0.4, 0.5) is 0 Å². The van der Waals surface area contributed by atoms with Gasteiger partial charge in [0, 0.05) is 19.4 Å². The number of carbonyl (C=O) groups excluding carboxylic acids is 2. The molecule has 2 aromatic carbocycles. The highest BCUT2D eigenvalue weighted by Crippen LogP contribution is 2.11. The number of hydrogen-bond donors (Lipinski definition) is 2. The highest BCUT2D eigenvalue weighted by atomic mass is 16.5. The molecule has 1 atom stereocenters. The summed E-state index contributed by atoms with van der Waals surface area (Å²) >= 11 is 0. The SMILES string of the molecule is COc1ccc(CNC(=O)[C@@H](C)OC(=O)CCCc2nc3ccccc3c(=O)[nH]2)cc1. The summed E-state index contributed by atoms with van der Waals surface area (Å²) in [6, 6.07) is 14.4. The summed E-state index contributed by atoms with van der Waals surface area (Å²) in [5.41, 5.74) is 1.32. The molecule has 2 N–H and O–H groups in total. The van der Waals surface area contributed by atoms with Crippen molar-refractivity contribution in [3.05, 3.63) is 70.3 Å². The van der Waals surface area contributed by atoms with Crippen molar-refractivity contribution in [3.63, 3.8) is 0 Å². The van der Waals surface area contributed by atoms with Crippen LogP contribution >= 0.6 is 0 Å². The minimum absolute atomic E-state index is 0.118. The van der Waals surface area contributed by atoms with Crippen molar-refractivity contribution >= 4 is 22.8 Å². The van der Waals surface area contributed by atoms with Gasteiger partial charge < -0.3 is 19.8 Å². The highest BCUT2D eigenvalue weighted by Gasteiger charge is 2.17. The van der Waals surface area contributed by atoms with Crippen LogP contribution in [0.2, 0.25) is 0 Å². The van der Waals surface area contributed by atoms with E-state index in [2.05, 4.69) is 15.3 Å². The van der Waals surface area contributed by atoms with Crippen molar-refractivity contribution < 1.29 is 19.1 Å². The van der Waals surface area contributed by atoms with Gasteiger partial charge in [0.05, 0.1) is 18.0 Å². The Kier molecular flexibility index (Phi) is 7.37. The molecule has 0 fully saturated rings. The summed E-state index contributed by atoms with van der Waals surface area (Å²) in [4.78, 5) is 43.4. The molecule has 3 rings (SSSR count). The van der Waals surface area contributed by atoms with Gasteiger partial charge >= 0.3 is 5.97 Å². The number of aromatic nitrogens is 2. The Morgan fingerprint density at radius 1 is 1.13 bits per heavy atom. The summed E-state index contributed by atoms with van der Waals surface area (Å²) < 4.78 is 10.3. The van der Waals surface area contributed by atoms with E-state index in [1.165, 1.54) is 6.92 Å². The second-order valence-electron chi connectivity index (χ2n) is 7.08. The molecule has 1 aromatic heterocycles. The maximum absolute atomic E-state index is 12.2. The zero-order valence-corrected chi connectivity index (χ0v) is 17.5. The smallest absolute Gasteiger partial charge is 0.306 e. The van der Waals surface area contributed by atoms with Gasteiger partial charge in [-0.2, -0.15) is 0 Å². The number of para-hydroxylation sites is 1. The van der Waals surface area contributed by atoms with Gasteiger partial charge in [0.1, 0.15) is 11.6 Å². The molecule has 0 saturated heterocycles. The second kappa shape index (κ2) is 10.4. The number of nitrogens with one attached hydrogen (secondary N) is 2. The number of ether oxygens (including phenoxy) is 2. The molecule has 162 valence electrons. The van der Waals surface area contributed by atoms with Crippen LogP contribution in [-0.2, 0) is 27.3 Å². The molecule has 0 aliphatic heterocycles. The first-order valence-electron chi connectivity index (χ1n) is 10.0. The molecule has 0 unspecified atom stereocenters. The highest BCUT2D eigenvalue weighted by molar-refractivity contribution is 5.83. The Morgan fingerprint density at radius 3 is 2.61 bits per heavy atom. The Bertz CT molecular complexity index is 1110. The predicted molar refractivity (Wildman–Crippen MR) is 116 cm³/mol. The first-order chi connectivity index (χ1) is 15.0. The molecule has 0 aliphatic carbocycles. The van der Waals surface area contributed by atoms with Crippen molar-refractivity contribution in [2.75, 3.05) is 7.11 Å². The van der Waals surface area contributed by atoms with Crippen LogP contribution in [-0.4, -0.2) is 35.1 Å². The van der Waals surface area contributed by atoms with Gasteiger partial charge in [-0.15, -0.1) is 0 Å². The van der Waals surface area contributed by atoms with Gasteiger partial charge in [-0.05, 0) is 43.2 Å². The molecule has 8 heteroatoms. The first kappa shape index (κ1) is 22.0. The fourth-order valence-electron chi connectivity index (χ4n) is 3.04. The largest absolute Gasteiger partial charge is 0.497 e. The lowest BCUT2D eigenvalue weighted by Crippen LogP contribution is -2.35. The Morgan fingerprint density at radius 2 is 1.87 bits per heavy atom. The molecular formula is C23H25N3O5. The van der Waals surface area contributed by atoms with Crippen LogP contribution in [0, 0.1) is 0 Å². The fourth-order valence-corrected chi connectivity index (χ4v) is 3.04. The van der Waals surface area contributed by atoms with E-state index >= 15 is 0 Å². The van der Waals surface area contributed by atoms with Crippen LogP contribution in [0.1, 0.15) is 31.2 Å². The topological polar surface area (TPSA) is 110 Å². The predicted octanol–water partition coefficient (Wildman–Crippen LogP) is 2.50. The molecule has 0 radical (unpaired) electrons. The molecule has 8 nitrogen and oxygen atoms in total. The molecule has 0 spiro atoms. The summed E-state index contributed by atoms with van der Waals surface area (Å²) in [7, 11) is 1.59. The number of methoxy groups -OCH3 is 1. The molecule has 1 heterocycles. The summed E-state index contributed by atoms with van der Waals surface area (Å²) in [5, 5.41) is 3.27. The van der Waals surface area contributed by atoms with Crippen molar-refractivity contribution in [3.8, 4) is 5.75 Å². The molecule has 0 bridgehead atoms. The van der Waals surface area contributed by atoms with Crippen molar-refractivity contribution in [1.82, 2.24) is 15.3 Å². The number of aromatic amines is 1. The van der Waals surface area contributed by atoms with Crippen LogP contribution < -0.4 is 15.6 Å². The zero-order valence-electron chi connectivity index (χ0n) is 17.5. The third kappa shape index (κ3) is 6.15. The lowest BCUT2D eigenvalue weighted by Gasteiger charge is -2.13. The second-order valence-corrected chi connectivity index (χ2v) is 7.08. The first-order valence-corrected chi connectivity index (χ1v) is 10.0. The van der Waals surface area contributed by atoms with E-state index in [9.17, 15) is 14.4 Å². The number of aryl methyl sites for hydroxylation is 1. The molecule has 31 heavy (non-hydrogen) atoms. The number of esters is 1. The van der Waals surface area contributed by atoms with E-state index < -0.39 is 12.1 Å². The van der Waals surface area contributed by atoms with Gasteiger partial charge in [0.25, 0.3) is 11.5 Å². The number of carbonyl (C=O) groups is 2. The van der Waals surface area contributed by atoms with Crippen molar-refractivity contribution in [2.24, 2.45) is 0 Å². The lowest BCUT2D eigenvalue weighted by molar-refractivity contribution is -0.154. The summed E-state index contributed by atoms with van der Waals surface area (Å²) in [5.74, 6) is 0.405.